The summed E-state index contributed by atoms with van der Waals surface area (Å²) < 4.78 is 31.8. The van der Waals surface area contributed by atoms with Gasteiger partial charge in [0.05, 0.1) is 7.11 Å². The Balaban J connectivity index is 1.99. The summed E-state index contributed by atoms with van der Waals surface area (Å²) in [5, 5.41) is 5.26. The first-order valence-corrected chi connectivity index (χ1v) is 6.82. The van der Waals surface area contributed by atoms with Gasteiger partial charge in [0, 0.05) is 24.4 Å². The van der Waals surface area contributed by atoms with Gasteiger partial charge < -0.3 is 10.1 Å². The third-order valence-electron chi connectivity index (χ3n) is 2.75. The predicted octanol–water partition coefficient (Wildman–Crippen LogP) is 1.25. The van der Waals surface area contributed by atoms with E-state index in [2.05, 4.69) is 15.4 Å². The summed E-state index contributed by atoms with van der Waals surface area (Å²) in [6.45, 7) is 0.721. The number of carbonyl (C=O) groups excluding carboxylic acids is 1. The second-order valence-electron chi connectivity index (χ2n) is 3.98. The molecule has 1 amide bonds. The van der Waals surface area contributed by atoms with Gasteiger partial charge in [-0.1, -0.05) is 6.07 Å². The van der Waals surface area contributed by atoms with E-state index in [9.17, 15) is 13.6 Å². The summed E-state index contributed by atoms with van der Waals surface area (Å²) >= 11 is 1.49. The zero-order valence-electron chi connectivity index (χ0n) is 10.3. The number of ether oxygens (including phenoxy) is 1. The molecule has 2 rings (SSSR count). The number of methoxy groups -OCH3 is 1. The van der Waals surface area contributed by atoms with Crippen LogP contribution in [0.2, 0.25) is 0 Å². The van der Waals surface area contributed by atoms with E-state index in [-0.39, 0.29) is 29.1 Å². The third kappa shape index (κ3) is 3.16. The van der Waals surface area contributed by atoms with Gasteiger partial charge in [-0.15, -0.1) is 11.8 Å². The molecule has 1 aliphatic heterocycles. The van der Waals surface area contributed by atoms with Crippen LogP contribution in [0, 0.1) is 11.6 Å². The lowest BCUT2D eigenvalue weighted by molar-refractivity contribution is -0.121. The van der Waals surface area contributed by atoms with Crippen molar-refractivity contribution in [3.8, 4) is 5.75 Å². The third-order valence-corrected chi connectivity index (χ3v) is 3.91. The van der Waals surface area contributed by atoms with Crippen LogP contribution in [-0.2, 0) is 11.3 Å². The molecule has 2 N–H and O–H groups in total. The van der Waals surface area contributed by atoms with Crippen molar-refractivity contribution in [1.29, 1.82) is 0 Å². The number of thioether (sulfide) groups is 1. The van der Waals surface area contributed by atoms with Crippen molar-refractivity contribution in [3.05, 3.63) is 29.3 Å². The first-order chi connectivity index (χ1) is 9.13. The number of nitrogens with one attached hydrogen (secondary N) is 2. The second-order valence-corrected chi connectivity index (χ2v) is 5.19. The van der Waals surface area contributed by atoms with Gasteiger partial charge in [-0.2, -0.15) is 4.39 Å². The fourth-order valence-electron chi connectivity index (χ4n) is 1.74. The summed E-state index contributed by atoms with van der Waals surface area (Å²) in [4.78, 5) is 11.7. The molecule has 4 nitrogen and oxygen atoms in total. The zero-order chi connectivity index (χ0) is 13.8. The van der Waals surface area contributed by atoms with Crippen molar-refractivity contribution < 1.29 is 18.3 Å². The van der Waals surface area contributed by atoms with Gasteiger partial charge in [0.25, 0.3) is 0 Å². The Hall–Kier alpha value is -1.34. The molecule has 1 aromatic rings. The van der Waals surface area contributed by atoms with Crippen LogP contribution in [0.15, 0.2) is 12.1 Å². The average molecular weight is 288 g/mol. The largest absolute Gasteiger partial charge is 0.494 e. The average Bonchev–Trinajstić information content (AvgIpc) is 2.94. The number of amides is 1. The highest BCUT2D eigenvalue weighted by Crippen LogP contribution is 2.22. The lowest BCUT2D eigenvalue weighted by atomic mass is 10.2. The molecule has 1 aliphatic rings. The maximum atomic E-state index is 13.6. The van der Waals surface area contributed by atoms with Crippen molar-refractivity contribution in [3.63, 3.8) is 0 Å². The molecule has 0 saturated carbocycles. The molecule has 1 fully saturated rings. The van der Waals surface area contributed by atoms with Gasteiger partial charge in [0.15, 0.2) is 11.6 Å². The quantitative estimate of drug-likeness (QED) is 0.875. The predicted molar refractivity (Wildman–Crippen MR) is 69.0 cm³/mol. The van der Waals surface area contributed by atoms with Crippen LogP contribution in [0.1, 0.15) is 5.56 Å². The Morgan fingerprint density at radius 2 is 2.32 bits per heavy atom. The first kappa shape index (κ1) is 14.1. The normalized spacial score (nSPS) is 18.4. The van der Waals surface area contributed by atoms with E-state index in [1.54, 1.807) is 0 Å². The maximum absolute atomic E-state index is 13.6. The molecule has 1 saturated heterocycles. The van der Waals surface area contributed by atoms with Crippen LogP contribution >= 0.6 is 11.8 Å². The van der Waals surface area contributed by atoms with E-state index in [1.807, 2.05) is 0 Å². The van der Waals surface area contributed by atoms with Crippen LogP contribution in [0.5, 0.6) is 5.75 Å². The fourth-order valence-corrected chi connectivity index (χ4v) is 2.68. The number of hydrogen-bond acceptors (Lipinski definition) is 4. The van der Waals surface area contributed by atoms with Crippen molar-refractivity contribution in [1.82, 2.24) is 10.6 Å². The SMILES string of the molecule is COc1ccc(CNC(=O)[C@H]2NCCS2)c(F)c1F. The van der Waals surface area contributed by atoms with E-state index < -0.39 is 11.6 Å². The Labute approximate surface area is 113 Å². The lowest BCUT2D eigenvalue weighted by Crippen LogP contribution is -2.38. The smallest absolute Gasteiger partial charge is 0.247 e. The Kier molecular flexibility index (Phi) is 4.60. The number of rotatable bonds is 4. The molecule has 0 radical (unpaired) electrons. The fraction of sp³-hybridized carbons (Fsp3) is 0.417. The van der Waals surface area contributed by atoms with Crippen LogP contribution in [0.4, 0.5) is 8.78 Å². The summed E-state index contributed by atoms with van der Waals surface area (Å²) in [7, 11) is 1.27. The summed E-state index contributed by atoms with van der Waals surface area (Å²) in [5.41, 5.74) is 0.0923. The molecule has 1 heterocycles. The summed E-state index contributed by atoms with van der Waals surface area (Å²) in [5.74, 6) is -1.54. The van der Waals surface area contributed by atoms with Gasteiger partial charge in [-0.3, -0.25) is 10.1 Å². The highest BCUT2D eigenvalue weighted by atomic mass is 32.2. The van der Waals surface area contributed by atoms with Crippen molar-refractivity contribution in [2.45, 2.75) is 11.9 Å². The molecule has 1 aromatic carbocycles. The van der Waals surface area contributed by atoms with Crippen LogP contribution in [0.3, 0.4) is 0 Å². The van der Waals surface area contributed by atoms with Gasteiger partial charge in [0.2, 0.25) is 11.7 Å². The van der Waals surface area contributed by atoms with E-state index in [4.69, 9.17) is 0 Å². The number of halogens is 2. The Morgan fingerprint density at radius 1 is 1.53 bits per heavy atom. The molecule has 104 valence electrons. The van der Waals surface area contributed by atoms with E-state index >= 15 is 0 Å². The van der Waals surface area contributed by atoms with Crippen LogP contribution in [-0.4, -0.2) is 30.7 Å². The van der Waals surface area contributed by atoms with Crippen molar-refractivity contribution in [2.24, 2.45) is 0 Å². The molecule has 0 aromatic heterocycles. The zero-order valence-corrected chi connectivity index (χ0v) is 11.2. The van der Waals surface area contributed by atoms with Crippen LogP contribution < -0.4 is 15.4 Å². The Bertz CT molecular complexity index is 479. The maximum Gasteiger partial charge on any atom is 0.247 e. The first-order valence-electron chi connectivity index (χ1n) is 5.77. The molecule has 7 heteroatoms. The summed E-state index contributed by atoms with van der Waals surface area (Å²) in [6, 6.07) is 2.73. The van der Waals surface area contributed by atoms with Gasteiger partial charge in [-0.05, 0) is 6.07 Å². The standard InChI is InChI=1S/C12H14F2N2O2S/c1-18-8-3-2-7(9(13)10(8)14)6-16-11(17)12-15-4-5-19-12/h2-3,12,15H,4-6H2,1H3,(H,16,17)/t12-/m0/s1. The van der Waals surface area contributed by atoms with Crippen LogP contribution in [0.25, 0.3) is 0 Å². The van der Waals surface area contributed by atoms with Gasteiger partial charge in [-0.25, -0.2) is 4.39 Å². The number of hydrogen-bond donors (Lipinski definition) is 2. The highest BCUT2D eigenvalue weighted by molar-refractivity contribution is 8.00. The number of carbonyl (C=O) groups is 1. The van der Waals surface area contributed by atoms with E-state index in [1.165, 1.54) is 31.0 Å². The molecule has 1 atom stereocenters. The summed E-state index contributed by atoms with van der Waals surface area (Å²) in [6.07, 6.45) is 0. The molecule has 0 spiro atoms. The minimum atomic E-state index is -1.04. The topological polar surface area (TPSA) is 50.4 Å². The highest BCUT2D eigenvalue weighted by Gasteiger charge is 2.23. The van der Waals surface area contributed by atoms with Gasteiger partial charge in [0.1, 0.15) is 5.37 Å². The minimum Gasteiger partial charge on any atom is -0.494 e. The molecular weight excluding hydrogens is 274 g/mol. The van der Waals surface area contributed by atoms with Crippen molar-refractivity contribution in [2.75, 3.05) is 19.4 Å². The molecule has 0 aliphatic carbocycles. The minimum absolute atomic E-state index is 0.0513. The molecule has 19 heavy (non-hydrogen) atoms. The van der Waals surface area contributed by atoms with E-state index in [0.717, 1.165) is 12.3 Å². The molecule has 0 bridgehead atoms. The second kappa shape index (κ2) is 6.21. The Morgan fingerprint density at radius 3 is 2.95 bits per heavy atom. The molecule has 0 unspecified atom stereocenters. The number of benzene rings is 1. The van der Waals surface area contributed by atoms with Crippen molar-refractivity contribution >= 4 is 17.7 Å². The lowest BCUT2D eigenvalue weighted by Gasteiger charge is -2.12. The monoisotopic (exact) mass is 288 g/mol. The molecular formula is C12H14F2N2O2S. The van der Waals surface area contributed by atoms with Gasteiger partial charge >= 0.3 is 0 Å². The van der Waals surface area contributed by atoms with E-state index in [0.29, 0.717) is 0 Å².